The Morgan fingerprint density at radius 2 is 1.86 bits per heavy atom. The summed E-state index contributed by atoms with van der Waals surface area (Å²) < 4.78 is 1.62. The maximum atomic E-state index is 12.4. The highest BCUT2D eigenvalue weighted by atomic mass is 16.1. The van der Waals surface area contributed by atoms with Crippen LogP contribution < -0.4 is 10.9 Å². The van der Waals surface area contributed by atoms with Crippen molar-refractivity contribution in [3.8, 4) is 0 Å². The molecular formula is C24H32N3O+. The van der Waals surface area contributed by atoms with Crippen molar-refractivity contribution in [2.24, 2.45) is 5.92 Å². The predicted octanol–water partition coefficient (Wildman–Crippen LogP) is 3.81. The molecule has 0 fully saturated rings. The lowest BCUT2D eigenvalue weighted by molar-refractivity contribution is -0.717. The van der Waals surface area contributed by atoms with Gasteiger partial charge in [0.25, 0.3) is 5.56 Å². The van der Waals surface area contributed by atoms with Gasteiger partial charge in [0.05, 0.1) is 0 Å². The summed E-state index contributed by atoms with van der Waals surface area (Å²) in [6, 6.07) is 15.0. The van der Waals surface area contributed by atoms with Crippen molar-refractivity contribution >= 4 is 5.65 Å². The maximum Gasteiger partial charge on any atom is 0.258 e. The lowest BCUT2D eigenvalue weighted by Crippen LogP contribution is -2.84. The third-order valence-corrected chi connectivity index (χ3v) is 5.34. The summed E-state index contributed by atoms with van der Waals surface area (Å²) in [7, 11) is 0. The number of benzene rings is 1. The zero-order valence-electron chi connectivity index (χ0n) is 17.5. The number of unbranched alkanes of at least 4 members (excludes halogenated alkanes) is 1. The first-order valence-corrected chi connectivity index (χ1v) is 10.4. The van der Waals surface area contributed by atoms with Crippen molar-refractivity contribution in [3.63, 3.8) is 0 Å². The molecule has 0 bridgehead atoms. The van der Waals surface area contributed by atoms with Crippen LogP contribution in [0.3, 0.4) is 0 Å². The Labute approximate surface area is 167 Å². The Kier molecular flexibility index (Phi) is 6.63. The number of hydrogen-bond donors (Lipinski definition) is 1. The van der Waals surface area contributed by atoms with Gasteiger partial charge in [0, 0.05) is 23.7 Å². The van der Waals surface area contributed by atoms with Gasteiger partial charge in [-0.1, -0.05) is 57.5 Å². The SMILES string of the molecule is CCCCc1ccc([C@H]([NH2+]Cc2cc(=O)n3cc(C)ccc3n2)C(C)C)cc1. The fourth-order valence-electron chi connectivity index (χ4n) is 3.69. The van der Waals surface area contributed by atoms with Gasteiger partial charge < -0.3 is 5.32 Å². The monoisotopic (exact) mass is 378 g/mol. The zero-order valence-corrected chi connectivity index (χ0v) is 17.5. The van der Waals surface area contributed by atoms with E-state index in [9.17, 15) is 4.79 Å². The van der Waals surface area contributed by atoms with Crippen LogP contribution in [0.1, 0.15) is 62.0 Å². The van der Waals surface area contributed by atoms with Crippen LogP contribution in [-0.4, -0.2) is 9.38 Å². The fraction of sp³-hybridized carbons (Fsp3) is 0.417. The second-order valence-corrected chi connectivity index (χ2v) is 8.08. The van der Waals surface area contributed by atoms with Crippen molar-refractivity contribution in [1.82, 2.24) is 9.38 Å². The minimum absolute atomic E-state index is 0.0153. The summed E-state index contributed by atoms with van der Waals surface area (Å²) in [5, 5.41) is 2.30. The first kappa shape index (κ1) is 20.3. The van der Waals surface area contributed by atoms with Crippen LogP contribution in [0.4, 0.5) is 0 Å². The molecule has 0 saturated heterocycles. The van der Waals surface area contributed by atoms with Gasteiger partial charge in [0.2, 0.25) is 0 Å². The summed E-state index contributed by atoms with van der Waals surface area (Å²) in [5.74, 6) is 0.491. The zero-order chi connectivity index (χ0) is 20.1. The van der Waals surface area contributed by atoms with E-state index in [-0.39, 0.29) is 5.56 Å². The Bertz CT molecular complexity index is 973. The topological polar surface area (TPSA) is 51.0 Å². The van der Waals surface area contributed by atoms with E-state index in [4.69, 9.17) is 0 Å². The number of aryl methyl sites for hydroxylation is 2. The van der Waals surface area contributed by atoms with E-state index in [2.05, 4.69) is 55.3 Å². The van der Waals surface area contributed by atoms with E-state index in [0.29, 0.717) is 24.2 Å². The summed E-state index contributed by atoms with van der Waals surface area (Å²) in [4.78, 5) is 17.1. The van der Waals surface area contributed by atoms with Crippen LogP contribution >= 0.6 is 0 Å². The third kappa shape index (κ3) is 4.87. The predicted molar refractivity (Wildman–Crippen MR) is 114 cm³/mol. The molecular weight excluding hydrogens is 346 g/mol. The molecule has 3 rings (SSSR count). The Morgan fingerprint density at radius 1 is 1.11 bits per heavy atom. The Morgan fingerprint density at radius 3 is 2.54 bits per heavy atom. The van der Waals surface area contributed by atoms with Gasteiger partial charge >= 0.3 is 0 Å². The van der Waals surface area contributed by atoms with Crippen LogP contribution in [0.5, 0.6) is 0 Å². The molecule has 0 amide bonds. The molecule has 1 aromatic carbocycles. The number of hydrogen-bond acceptors (Lipinski definition) is 2. The van der Waals surface area contributed by atoms with Crippen molar-refractivity contribution in [1.29, 1.82) is 0 Å². The second-order valence-electron chi connectivity index (χ2n) is 8.08. The van der Waals surface area contributed by atoms with Crippen molar-refractivity contribution < 1.29 is 5.32 Å². The maximum absolute atomic E-state index is 12.4. The van der Waals surface area contributed by atoms with Crippen molar-refractivity contribution in [3.05, 3.63) is 81.4 Å². The molecule has 4 heteroatoms. The minimum Gasteiger partial charge on any atom is -0.335 e. The van der Waals surface area contributed by atoms with Crippen LogP contribution in [0, 0.1) is 12.8 Å². The van der Waals surface area contributed by atoms with E-state index in [1.165, 1.54) is 24.0 Å². The smallest absolute Gasteiger partial charge is 0.258 e. The van der Waals surface area contributed by atoms with Gasteiger partial charge in [-0.05, 0) is 37.0 Å². The molecule has 0 saturated carbocycles. The first-order chi connectivity index (χ1) is 13.5. The van der Waals surface area contributed by atoms with E-state index < -0.39 is 0 Å². The molecule has 0 spiro atoms. The largest absolute Gasteiger partial charge is 0.335 e. The van der Waals surface area contributed by atoms with Gasteiger partial charge in [-0.25, -0.2) is 4.98 Å². The van der Waals surface area contributed by atoms with Gasteiger partial charge in [0.1, 0.15) is 23.9 Å². The molecule has 0 aliphatic rings. The number of nitrogens with zero attached hydrogens (tertiary/aromatic N) is 2. The first-order valence-electron chi connectivity index (χ1n) is 10.4. The number of rotatable bonds is 8. The molecule has 3 aromatic rings. The van der Waals surface area contributed by atoms with Gasteiger partial charge in [-0.3, -0.25) is 9.20 Å². The van der Waals surface area contributed by atoms with Gasteiger partial charge in [-0.2, -0.15) is 0 Å². The quantitative estimate of drug-likeness (QED) is 0.648. The lowest BCUT2D eigenvalue weighted by atomic mass is 9.94. The van der Waals surface area contributed by atoms with Gasteiger partial charge in [-0.15, -0.1) is 0 Å². The minimum atomic E-state index is -0.0153. The average Bonchev–Trinajstić information content (AvgIpc) is 2.68. The Balaban J connectivity index is 1.76. The molecule has 0 radical (unpaired) electrons. The molecule has 4 nitrogen and oxygen atoms in total. The number of aromatic nitrogens is 2. The number of quaternary nitrogens is 1. The lowest BCUT2D eigenvalue weighted by Gasteiger charge is -2.20. The van der Waals surface area contributed by atoms with E-state index in [1.54, 1.807) is 10.5 Å². The van der Waals surface area contributed by atoms with Crippen LogP contribution in [0.15, 0.2) is 53.5 Å². The molecule has 148 valence electrons. The summed E-state index contributed by atoms with van der Waals surface area (Å²) in [6.07, 6.45) is 5.46. The third-order valence-electron chi connectivity index (χ3n) is 5.34. The highest BCUT2D eigenvalue weighted by Crippen LogP contribution is 2.19. The van der Waals surface area contributed by atoms with E-state index >= 15 is 0 Å². The number of nitrogens with two attached hydrogens (primary N) is 1. The van der Waals surface area contributed by atoms with E-state index in [0.717, 1.165) is 17.7 Å². The van der Waals surface area contributed by atoms with Crippen molar-refractivity contribution in [2.45, 2.75) is 59.5 Å². The standard InChI is InChI=1S/C24H31N3O/c1-5-6-7-19-9-11-20(12-10-19)24(17(2)3)25-15-21-14-23(28)27-16-18(4)8-13-22(27)26-21/h8-14,16-17,24-25H,5-7,15H2,1-4H3/p+1/t24-/m1/s1. The molecule has 0 aliphatic heterocycles. The van der Waals surface area contributed by atoms with Crippen molar-refractivity contribution in [2.75, 3.05) is 0 Å². The highest BCUT2D eigenvalue weighted by Gasteiger charge is 2.19. The molecule has 0 aliphatic carbocycles. The molecule has 2 heterocycles. The average molecular weight is 379 g/mol. The highest BCUT2D eigenvalue weighted by molar-refractivity contribution is 5.39. The van der Waals surface area contributed by atoms with Crippen LogP contribution in [0.2, 0.25) is 0 Å². The summed E-state index contributed by atoms with van der Waals surface area (Å²) in [5.41, 5.74) is 5.33. The molecule has 2 N–H and O–H groups in total. The Hall–Kier alpha value is -2.46. The van der Waals surface area contributed by atoms with Crippen LogP contribution in [-0.2, 0) is 13.0 Å². The second kappa shape index (κ2) is 9.16. The summed E-state index contributed by atoms with van der Waals surface area (Å²) in [6.45, 7) is 9.40. The number of pyridine rings is 1. The molecule has 0 unspecified atom stereocenters. The molecule has 1 atom stereocenters. The molecule has 28 heavy (non-hydrogen) atoms. The molecule has 2 aromatic heterocycles. The van der Waals surface area contributed by atoms with Gasteiger partial charge in [0.15, 0.2) is 0 Å². The van der Waals surface area contributed by atoms with Crippen LogP contribution in [0.25, 0.3) is 5.65 Å². The summed E-state index contributed by atoms with van der Waals surface area (Å²) >= 11 is 0. The number of fused-ring (bicyclic) bond motifs is 1. The fourth-order valence-corrected chi connectivity index (χ4v) is 3.69. The normalized spacial score (nSPS) is 12.6. The van der Waals surface area contributed by atoms with E-state index in [1.807, 2.05) is 25.3 Å².